The van der Waals surface area contributed by atoms with Crippen molar-refractivity contribution in [1.82, 2.24) is 41.4 Å². The van der Waals surface area contributed by atoms with Gasteiger partial charge in [-0.2, -0.15) is 20.6 Å². The first-order valence-electron chi connectivity index (χ1n) is 10.5. The summed E-state index contributed by atoms with van der Waals surface area (Å²) < 4.78 is 14.2. The molecule has 1 amide bonds. The fraction of sp³-hybridized carbons (Fsp3) is 0.227. The molecule has 13 heteroatoms. The number of rotatable bonds is 10. The van der Waals surface area contributed by atoms with Crippen molar-refractivity contribution in [2.75, 3.05) is 0 Å². The van der Waals surface area contributed by atoms with Crippen LogP contribution in [0, 0.1) is 11.7 Å². The van der Waals surface area contributed by atoms with Crippen molar-refractivity contribution in [1.29, 1.82) is 0 Å². The molecule has 0 saturated heterocycles. The highest BCUT2D eigenvalue weighted by molar-refractivity contribution is 6.30. The number of benzene rings is 2. The summed E-state index contributed by atoms with van der Waals surface area (Å²) in [5.41, 5.74) is 1.89. The van der Waals surface area contributed by atoms with Crippen LogP contribution in [-0.2, 0) is 17.6 Å². The largest absolute Gasteiger partial charge is 0.481 e. The summed E-state index contributed by atoms with van der Waals surface area (Å²) in [5.74, 6) is -2.57. The highest BCUT2D eigenvalue weighted by Gasteiger charge is 2.26. The van der Waals surface area contributed by atoms with E-state index in [-0.39, 0.29) is 24.4 Å². The molecule has 2 aromatic carbocycles. The standard InChI is InChI=1S/C22H20ClFN8O3/c23-15-5-6-18(24)17(10-15)13-3-1-12(2-4-13)7-16(26-21(33)19-11-25-30-27-19)8-14(22(34)35)9-20-28-31-32-29-20/h1-6,10-11,14,16H,7-9H2,(H,26,33)(H,34,35)(H,25,27,30)(H,28,29,31,32). The Morgan fingerprint density at radius 2 is 1.89 bits per heavy atom. The monoisotopic (exact) mass is 498 g/mol. The molecule has 0 saturated carbocycles. The van der Waals surface area contributed by atoms with E-state index in [1.54, 1.807) is 30.3 Å². The number of carboxylic acids is 1. The third kappa shape index (κ3) is 6.23. The van der Waals surface area contributed by atoms with Crippen molar-refractivity contribution in [3.8, 4) is 11.1 Å². The zero-order valence-corrected chi connectivity index (χ0v) is 18.9. The van der Waals surface area contributed by atoms with Crippen molar-refractivity contribution in [2.45, 2.75) is 25.3 Å². The molecule has 2 aromatic heterocycles. The number of tetrazole rings is 1. The summed E-state index contributed by atoms with van der Waals surface area (Å²) in [6, 6.07) is 10.8. The van der Waals surface area contributed by atoms with E-state index < -0.39 is 29.7 Å². The first-order valence-corrected chi connectivity index (χ1v) is 10.9. The lowest BCUT2D eigenvalue weighted by atomic mass is 9.91. The van der Waals surface area contributed by atoms with Gasteiger partial charge in [0, 0.05) is 23.0 Å². The van der Waals surface area contributed by atoms with Gasteiger partial charge in [-0.25, -0.2) is 4.39 Å². The van der Waals surface area contributed by atoms with Crippen LogP contribution in [0.1, 0.15) is 28.3 Å². The number of carbonyl (C=O) groups is 2. The number of carbonyl (C=O) groups excluding carboxylic acids is 1. The maximum absolute atomic E-state index is 14.2. The first-order chi connectivity index (χ1) is 16.9. The molecule has 180 valence electrons. The van der Waals surface area contributed by atoms with E-state index in [4.69, 9.17) is 11.6 Å². The Labute approximate surface area is 203 Å². The third-order valence-corrected chi connectivity index (χ3v) is 5.63. The second-order valence-corrected chi connectivity index (χ2v) is 8.29. The predicted octanol–water partition coefficient (Wildman–Crippen LogP) is 2.45. The average Bonchev–Trinajstić information content (AvgIpc) is 3.55. The number of aliphatic carboxylic acids is 1. The van der Waals surface area contributed by atoms with Crippen molar-refractivity contribution in [2.24, 2.45) is 5.92 Å². The fourth-order valence-corrected chi connectivity index (χ4v) is 3.86. The number of amides is 1. The Hall–Kier alpha value is -4.19. The van der Waals surface area contributed by atoms with Gasteiger partial charge in [-0.15, -0.1) is 10.2 Å². The molecule has 2 heterocycles. The minimum absolute atomic E-state index is 0.0369. The number of carboxylic acid groups (broad SMARTS) is 1. The molecule has 2 unspecified atom stereocenters. The van der Waals surface area contributed by atoms with Crippen LogP contribution in [-0.4, -0.2) is 59.1 Å². The molecule has 35 heavy (non-hydrogen) atoms. The molecule has 4 aromatic rings. The van der Waals surface area contributed by atoms with Crippen LogP contribution in [0.2, 0.25) is 5.02 Å². The summed E-state index contributed by atoms with van der Waals surface area (Å²) in [4.78, 5) is 24.5. The van der Waals surface area contributed by atoms with E-state index in [1.165, 1.54) is 18.3 Å². The highest BCUT2D eigenvalue weighted by Crippen LogP contribution is 2.27. The van der Waals surface area contributed by atoms with Crippen LogP contribution >= 0.6 is 11.6 Å². The van der Waals surface area contributed by atoms with Gasteiger partial charge in [0.15, 0.2) is 11.5 Å². The van der Waals surface area contributed by atoms with Gasteiger partial charge in [0.1, 0.15) is 5.82 Å². The van der Waals surface area contributed by atoms with Crippen LogP contribution < -0.4 is 5.32 Å². The SMILES string of the molecule is O=C(NC(Cc1ccc(-c2cc(Cl)ccc2F)cc1)CC(Cc1nn[nH]n1)C(=O)O)c1cn[nH]n1. The quantitative estimate of drug-likeness (QED) is 0.259. The number of H-pyrrole nitrogens is 2. The number of nitrogens with one attached hydrogen (secondary N) is 3. The van der Waals surface area contributed by atoms with Crippen LogP contribution in [0.5, 0.6) is 0 Å². The zero-order valence-electron chi connectivity index (χ0n) is 18.2. The van der Waals surface area contributed by atoms with E-state index in [0.29, 0.717) is 22.6 Å². The molecule has 0 radical (unpaired) electrons. The molecule has 0 aliphatic rings. The second-order valence-electron chi connectivity index (χ2n) is 7.85. The number of nitrogens with zero attached hydrogens (tertiary/aromatic N) is 5. The van der Waals surface area contributed by atoms with Crippen molar-refractivity contribution < 1.29 is 19.1 Å². The number of halogens is 2. The molecular formula is C22H20ClFN8O3. The van der Waals surface area contributed by atoms with E-state index >= 15 is 0 Å². The normalized spacial score (nSPS) is 12.7. The maximum atomic E-state index is 14.2. The van der Waals surface area contributed by atoms with Gasteiger partial charge in [-0.3, -0.25) is 9.59 Å². The molecule has 4 N–H and O–H groups in total. The third-order valence-electron chi connectivity index (χ3n) is 5.39. The Kier molecular flexibility index (Phi) is 7.41. The van der Waals surface area contributed by atoms with Crippen LogP contribution in [0.4, 0.5) is 4.39 Å². The van der Waals surface area contributed by atoms with Gasteiger partial charge in [-0.1, -0.05) is 41.1 Å². The first kappa shape index (κ1) is 24.0. The Morgan fingerprint density at radius 1 is 1.09 bits per heavy atom. The molecule has 11 nitrogen and oxygen atoms in total. The highest BCUT2D eigenvalue weighted by atomic mass is 35.5. The minimum atomic E-state index is -1.05. The van der Waals surface area contributed by atoms with Crippen molar-refractivity contribution in [3.63, 3.8) is 0 Å². The van der Waals surface area contributed by atoms with Gasteiger partial charge in [0.2, 0.25) is 0 Å². The van der Waals surface area contributed by atoms with Gasteiger partial charge >= 0.3 is 5.97 Å². The molecule has 0 spiro atoms. The Morgan fingerprint density at radius 3 is 2.54 bits per heavy atom. The van der Waals surface area contributed by atoms with Gasteiger partial charge in [0.05, 0.1) is 12.1 Å². The summed E-state index contributed by atoms with van der Waals surface area (Å²) in [7, 11) is 0. The Balaban J connectivity index is 1.53. The summed E-state index contributed by atoms with van der Waals surface area (Å²) in [5, 5.41) is 36.2. The number of hydrogen-bond acceptors (Lipinski definition) is 7. The van der Waals surface area contributed by atoms with Gasteiger partial charge in [-0.05, 0) is 42.2 Å². The van der Waals surface area contributed by atoms with Crippen molar-refractivity contribution in [3.05, 3.63) is 76.6 Å². The van der Waals surface area contributed by atoms with Crippen LogP contribution in [0.3, 0.4) is 0 Å². The fourth-order valence-electron chi connectivity index (χ4n) is 3.69. The number of aromatic amines is 2. The molecule has 0 aliphatic heterocycles. The summed E-state index contributed by atoms with van der Waals surface area (Å²) >= 11 is 6.00. The lowest BCUT2D eigenvalue weighted by Gasteiger charge is -2.22. The average molecular weight is 499 g/mol. The van der Waals surface area contributed by atoms with Gasteiger partial charge in [0.25, 0.3) is 5.91 Å². The summed E-state index contributed by atoms with van der Waals surface area (Å²) in [6.45, 7) is 0. The van der Waals surface area contributed by atoms with Crippen LogP contribution in [0.25, 0.3) is 11.1 Å². The molecule has 4 rings (SSSR count). The van der Waals surface area contributed by atoms with E-state index in [1.807, 2.05) is 0 Å². The Bertz CT molecular complexity index is 1280. The minimum Gasteiger partial charge on any atom is -0.481 e. The molecule has 0 aliphatic carbocycles. The molecule has 0 bridgehead atoms. The lowest BCUT2D eigenvalue weighted by Crippen LogP contribution is -2.39. The predicted molar refractivity (Wildman–Crippen MR) is 122 cm³/mol. The van der Waals surface area contributed by atoms with E-state index in [2.05, 4.69) is 41.4 Å². The number of hydrogen-bond donors (Lipinski definition) is 4. The topological polar surface area (TPSA) is 162 Å². The zero-order chi connectivity index (χ0) is 24.8. The number of aromatic nitrogens is 7. The lowest BCUT2D eigenvalue weighted by molar-refractivity contribution is -0.142. The molecular weight excluding hydrogens is 479 g/mol. The smallest absolute Gasteiger partial charge is 0.307 e. The van der Waals surface area contributed by atoms with Crippen LogP contribution in [0.15, 0.2) is 48.7 Å². The maximum Gasteiger partial charge on any atom is 0.307 e. The van der Waals surface area contributed by atoms with Gasteiger partial charge < -0.3 is 10.4 Å². The molecule has 2 atom stereocenters. The van der Waals surface area contributed by atoms with E-state index in [0.717, 1.165) is 5.56 Å². The van der Waals surface area contributed by atoms with Crippen molar-refractivity contribution >= 4 is 23.5 Å². The second kappa shape index (κ2) is 10.8. The van der Waals surface area contributed by atoms with E-state index in [9.17, 15) is 19.1 Å². The summed E-state index contributed by atoms with van der Waals surface area (Å²) in [6.07, 6.45) is 1.72. The molecule has 0 fully saturated rings.